The van der Waals surface area contributed by atoms with Crippen LogP contribution in [0.5, 0.6) is 0 Å². The summed E-state index contributed by atoms with van der Waals surface area (Å²) in [7, 11) is -1.51. The van der Waals surface area contributed by atoms with Crippen LogP contribution in [0.4, 0.5) is 11.4 Å². The molecule has 72 valence electrons. The SMILES string of the molecule is Nc1ccc2scc(B(O)O)c2c1N. The molecule has 0 radical (unpaired) electrons. The molecular formula is C8H9BN2O2S. The fourth-order valence-corrected chi connectivity index (χ4v) is 2.37. The second-order valence-electron chi connectivity index (χ2n) is 3.01. The lowest BCUT2D eigenvalue weighted by Crippen LogP contribution is -2.29. The van der Waals surface area contributed by atoms with Crippen molar-refractivity contribution in [3.8, 4) is 0 Å². The maximum Gasteiger partial charge on any atom is 0.489 e. The molecule has 6 N–H and O–H groups in total. The van der Waals surface area contributed by atoms with Gasteiger partial charge in [0.2, 0.25) is 0 Å². The van der Waals surface area contributed by atoms with E-state index in [0.717, 1.165) is 4.70 Å². The van der Waals surface area contributed by atoms with Crippen LogP contribution in [-0.2, 0) is 0 Å². The average Bonchev–Trinajstić information content (AvgIpc) is 2.55. The van der Waals surface area contributed by atoms with E-state index in [4.69, 9.17) is 21.5 Å². The molecule has 0 spiro atoms. The summed E-state index contributed by atoms with van der Waals surface area (Å²) in [4.78, 5) is 0. The molecule has 2 aromatic rings. The fraction of sp³-hybridized carbons (Fsp3) is 0. The number of fused-ring (bicyclic) bond motifs is 1. The summed E-state index contributed by atoms with van der Waals surface area (Å²) in [6.07, 6.45) is 0. The predicted molar refractivity (Wildman–Crippen MR) is 60.5 cm³/mol. The number of hydrogen-bond acceptors (Lipinski definition) is 5. The number of anilines is 2. The molecule has 1 heterocycles. The van der Waals surface area contributed by atoms with Gasteiger partial charge < -0.3 is 21.5 Å². The highest BCUT2D eigenvalue weighted by atomic mass is 32.1. The number of nitrogens with two attached hydrogens (primary N) is 2. The molecule has 6 heteroatoms. The molecule has 0 atom stereocenters. The van der Waals surface area contributed by atoms with Crippen LogP contribution in [0, 0.1) is 0 Å². The highest BCUT2D eigenvalue weighted by Crippen LogP contribution is 2.28. The molecule has 0 bridgehead atoms. The van der Waals surface area contributed by atoms with E-state index < -0.39 is 7.12 Å². The lowest BCUT2D eigenvalue weighted by molar-refractivity contribution is 0.426. The lowest BCUT2D eigenvalue weighted by atomic mass is 9.80. The third kappa shape index (κ3) is 1.24. The lowest BCUT2D eigenvalue weighted by Gasteiger charge is -2.03. The monoisotopic (exact) mass is 208 g/mol. The van der Waals surface area contributed by atoms with Gasteiger partial charge in [0.25, 0.3) is 0 Å². The van der Waals surface area contributed by atoms with Gasteiger partial charge in [0.05, 0.1) is 11.4 Å². The molecular weight excluding hydrogens is 199 g/mol. The minimum atomic E-state index is -1.51. The summed E-state index contributed by atoms with van der Waals surface area (Å²) in [6, 6.07) is 3.53. The zero-order valence-corrected chi connectivity index (χ0v) is 8.08. The number of thiophene rings is 1. The van der Waals surface area contributed by atoms with Crippen LogP contribution in [0.1, 0.15) is 0 Å². The number of hydrogen-bond donors (Lipinski definition) is 4. The van der Waals surface area contributed by atoms with Gasteiger partial charge in [-0.2, -0.15) is 0 Å². The summed E-state index contributed by atoms with van der Waals surface area (Å²) in [5.74, 6) is 0. The Bertz CT molecular complexity index is 483. The Morgan fingerprint density at radius 3 is 2.57 bits per heavy atom. The van der Waals surface area contributed by atoms with Gasteiger partial charge in [0.1, 0.15) is 0 Å². The van der Waals surface area contributed by atoms with E-state index in [1.165, 1.54) is 11.3 Å². The zero-order valence-electron chi connectivity index (χ0n) is 7.27. The van der Waals surface area contributed by atoms with Gasteiger partial charge in [-0.25, -0.2) is 0 Å². The molecule has 0 fully saturated rings. The first-order valence-electron chi connectivity index (χ1n) is 4.02. The van der Waals surface area contributed by atoms with Gasteiger partial charge in [-0.15, -0.1) is 11.3 Å². The van der Waals surface area contributed by atoms with E-state index in [1.54, 1.807) is 11.4 Å². The highest BCUT2D eigenvalue weighted by Gasteiger charge is 2.18. The summed E-state index contributed by atoms with van der Waals surface area (Å²) < 4.78 is 0.903. The van der Waals surface area contributed by atoms with E-state index in [2.05, 4.69) is 0 Å². The molecule has 1 aromatic heterocycles. The number of nitrogen functional groups attached to an aromatic ring is 2. The smallest absolute Gasteiger partial charge is 0.423 e. The topological polar surface area (TPSA) is 92.5 Å². The Morgan fingerprint density at radius 1 is 1.21 bits per heavy atom. The van der Waals surface area contributed by atoms with Gasteiger partial charge >= 0.3 is 7.12 Å². The number of benzene rings is 1. The minimum absolute atomic E-state index is 0.409. The maximum atomic E-state index is 9.09. The van der Waals surface area contributed by atoms with Gasteiger partial charge in [0.15, 0.2) is 0 Å². The van der Waals surface area contributed by atoms with Gasteiger partial charge in [-0.3, -0.25) is 0 Å². The largest absolute Gasteiger partial charge is 0.489 e. The predicted octanol–water partition coefficient (Wildman–Crippen LogP) is -0.254. The molecule has 0 saturated heterocycles. The first-order chi connectivity index (χ1) is 6.61. The van der Waals surface area contributed by atoms with Gasteiger partial charge in [0, 0.05) is 15.5 Å². The van der Waals surface area contributed by atoms with E-state index >= 15 is 0 Å². The van der Waals surface area contributed by atoms with Crippen molar-refractivity contribution in [2.75, 3.05) is 11.5 Å². The normalized spacial score (nSPS) is 10.7. The third-order valence-corrected chi connectivity index (χ3v) is 3.09. The minimum Gasteiger partial charge on any atom is -0.423 e. The van der Waals surface area contributed by atoms with E-state index in [9.17, 15) is 0 Å². The first-order valence-corrected chi connectivity index (χ1v) is 4.90. The summed E-state index contributed by atoms with van der Waals surface area (Å²) in [5.41, 5.74) is 12.7. The first kappa shape index (κ1) is 9.33. The fourth-order valence-electron chi connectivity index (χ4n) is 1.39. The Labute approximate surface area is 84.9 Å². The van der Waals surface area contributed by atoms with Gasteiger partial charge in [-0.05, 0) is 17.5 Å². The van der Waals surface area contributed by atoms with Crippen LogP contribution in [0.15, 0.2) is 17.5 Å². The second kappa shape index (κ2) is 3.16. The van der Waals surface area contributed by atoms with Crippen LogP contribution >= 0.6 is 11.3 Å². The number of rotatable bonds is 1. The van der Waals surface area contributed by atoms with Crippen LogP contribution in [0.25, 0.3) is 10.1 Å². The van der Waals surface area contributed by atoms with Crippen molar-refractivity contribution in [1.82, 2.24) is 0 Å². The molecule has 0 amide bonds. The van der Waals surface area contributed by atoms with E-state index in [-0.39, 0.29) is 0 Å². The second-order valence-corrected chi connectivity index (χ2v) is 3.92. The molecule has 14 heavy (non-hydrogen) atoms. The summed E-state index contributed by atoms with van der Waals surface area (Å²) in [6.45, 7) is 0. The van der Waals surface area contributed by atoms with Gasteiger partial charge in [-0.1, -0.05) is 0 Å². The molecule has 0 aliphatic rings. The van der Waals surface area contributed by atoms with Crippen molar-refractivity contribution < 1.29 is 10.0 Å². The van der Waals surface area contributed by atoms with Crippen molar-refractivity contribution in [3.63, 3.8) is 0 Å². The average molecular weight is 208 g/mol. The standard InChI is InChI=1S/C8H9BN2O2S/c10-5-1-2-6-7(8(5)11)4(3-14-6)9(12)13/h1-3,12-13H,10-11H2. The van der Waals surface area contributed by atoms with E-state index in [1.807, 2.05) is 6.07 Å². The molecule has 4 nitrogen and oxygen atoms in total. The highest BCUT2D eigenvalue weighted by molar-refractivity contribution is 7.18. The molecule has 0 unspecified atom stereocenters. The summed E-state index contributed by atoms with van der Waals surface area (Å²) in [5, 5.41) is 20.5. The van der Waals surface area contributed by atoms with Crippen molar-refractivity contribution in [3.05, 3.63) is 17.5 Å². The van der Waals surface area contributed by atoms with Crippen LogP contribution < -0.4 is 16.9 Å². The molecule has 0 saturated carbocycles. The zero-order chi connectivity index (χ0) is 10.3. The Morgan fingerprint density at radius 2 is 1.93 bits per heavy atom. The quantitative estimate of drug-likeness (QED) is 0.384. The molecule has 1 aromatic carbocycles. The van der Waals surface area contributed by atoms with Crippen molar-refractivity contribution >= 4 is 45.4 Å². The molecule has 0 aliphatic carbocycles. The van der Waals surface area contributed by atoms with Crippen LogP contribution in [0.3, 0.4) is 0 Å². The van der Waals surface area contributed by atoms with Crippen LogP contribution in [0.2, 0.25) is 0 Å². The third-order valence-electron chi connectivity index (χ3n) is 2.12. The van der Waals surface area contributed by atoms with Crippen LogP contribution in [-0.4, -0.2) is 17.2 Å². The Hall–Kier alpha value is -1.24. The maximum absolute atomic E-state index is 9.09. The Balaban J connectivity index is 2.82. The summed E-state index contributed by atoms with van der Waals surface area (Å²) >= 11 is 1.41. The van der Waals surface area contributed by atoms with Crippen molar-refractivity contribution in [2.45, 2.75) is 0 Å². The van der Waals surface area contributed by atoms with Crippen molar-refractivity contribution in [1.29, 1.82) is 0 Å². The van der Waals surface area contributed by atoms with Crippen molar-refractivity contribution in [2.24, 2.45) is 0 Å². The molecule has 0 aliphatic heterocycles. The Kier molecular flexibility index (Phi) is 2.11. The van der Waals surface area contributed by atoms with E-state index in [0.29, 0.717) is 22.2 Å². The molecule has 2 rings (SSSR count).